The van der Waals surface area contributed by atoms with Crippen molar-refractivity contribution >= 4 is 20.5 Å². The lowest BCUT2D eigenvalue weighted by atomic mass is 10.5. The lowest BCUT2D eigenvalue weighted by molar-refractivity contribution is 0.154. The molecule has 0 aliphatic carbocycles. The maximum absolute atomic E-state index is 11.0. The maximum Gasteiger partial charge on any atom is 0.452 e. The summed E-state index contributed by atoms with van der Waals surface area (Å²) in [6.07, 6.45) is -1.02. The molecule has 0 aromatic carbocycles. The maximum atomic E-state index is 11.0. The van der Waals surface area contributed by atoms with Gasteiger partial charge in [0.1, 0.15) is 0 Å². The second-order valence-electron chi connectivity index (χ2n) is 3.79. The fraction of sp³-hybridized carbons (Fsp3) is 0.750. The molecule has 0 unspecified atom stereocenters. The van der Waals surface area contributed by atoms with Crippen molar-refractivity contribution in [2.45, 2.75) is 33.0 Å². The summed E-state index contributed by atoms with van der Waals surface area (Å²) < 4.78 is 9.50. The standard InChI is InChI=1S/C8H16N2O4Si/c1-5-6-13-7(11)9-10-8(12)14-15(2,3)4/h5-6H2,1-4H3/b10-9+. The summed E-state index contributed by atoms with van der Waals surface area (Å²) in [6.45, 7) is 7.60. The van der Waals surface area contributed by atoms with Crippen molar-refractivity contribution in [2.24, 2.45) is 10.2 Å². The van der Waals surface area contributed by atoms with Gasteiger partial charge in [-0.25, -0.2) is 9.59 Å². The number of ether oxygens (including phenoxy) is 1. The van der Waals surface area contributed by atoms with Crippen molar-refractivity contribution in [1.82, 2.24) is 0 Å². The van der Waals surface area contributed by atoms with E-state index in [4.69, 9.17) is 4.43 Å². The van der Waals surface area contributed by atoms with Gasteiger partial charge in [-0.05, 0) is 26.1 Å². The number of hydrogen-bond donors (Lipinski definition) is 0. The van der Waals surface area contributed by atoms with Crippen molar-refractivity contribution in [3.63, 3.8) is 0 Å². The van der Waals surface area contributed by atoms with Gasteiger partial charge in [0.2, 0.25) is 8.32 Å². The van der Waals surface area contributed by atoms with Gasteiger partial charge in [-0.2, -0.15) is 0 Å². The number of carbonyl (C=O) groups excluding carboxylic acids is 2. The van der Waals surface area contributed by atoms with E-state index in [1.165, 1.54) is 0 Å². The Morgan fingerprint density at radius 2 is 1.67 bits per heavy atom. The van der Waals surface area contributed by atoms with E-state index in [9.17, 15) is 9.59 Å². The monoisotopic (exact) mass is 232 g/mol. The van der Waals surface area contributed by atoms with Gasteiger partial charge in [0, 0.05) is 0 Å². The number of nitrogens with zero attached hydrogens (tertiary/aromatic N) is 2. The number of azo groups is 1. The molecule has 7 heteroatoms. The van der Waals surface area contributed by atoms with Gasteiger partial charge in [-0.15, -0.1) is 0 Å². The zero-order valence-corrected chi connectivity index (χ0v) is 10.4. The molecule has 86 valence electrons. The van der Waals surface area contributed by atoms with Gasteiger partial charge in [-0.3, -0.25) is 0 Å². The van der Waals surface area contributed by atoms with Crippen molar-refractivity contribution in [2.75, 3.05) is 6.61 Å². The molecule has 0 saturated carbocycles. The average molecular weight is 232 g/mol. The van der Waals surface area contributed by atoms with Gasteiger partial charge in [0.05, 0.1) is 6.61 Å². The average Bonchev–Trinajstić information content (AvgIpc) is 2.08. The Balaban J connectivity index is 3.95. The first-order valence-corrected chi connectivity index (χ1v) is 8.07. The summed E-state index contributed by atoms with van der Waals surface area (Å²) >= 11 is 0. The Labute approximate surface area is 89.8 Å². The van der Waals surface area contributed by atoms with Crippen molar-refractivity contribution in [3.8, 4) is 0 Å². The molecule has 0 rings (SSSR count). The summed E-state index contributed by atoms with van der Waals surface area (Å²) in [7, 11) is -1.97. The molecule has 0 N–H and O–H groups in total. The van der Waals surface area contributed by atoms with E-state index in [0.717, 1.165) is 0 Å². The third kappa shape index (κ3) is 9.07. The topological polar surface area (TPSA) is 77.3 Å². The van der Waals surface area contributed by atoms with E-state index in [0.29, 0.717) is 6.42 Å². The summed E-state index contributed by atoms with van der Waals surface area (Å²) in [5.41, 5.74) is 0. The first-order chi connectivity index (χ1) is 6.85. The van der Waals surface area contributed by atoms with Gasteiger partial charge >= 0.3 is 12.2 Å². The molecule has 0 aliphatic rings. The Morgan fingerprint density at radius 1 is 1.13 bits per heavy atom. The SMILES string of the molecule is CCCOC(=O)/N=N/C(=O)O[Si](C)(C)C. The highest BCUT2D eigenvalue weighted by molar-refractivity contribution is 6.71. The number of rotatable bonds is 3. The van der Waals surface area contributed by atoms with Gasteiger partial charge in [0.25, 0.3) is 0 Å². The highest BCUT2D eigenvalue weighted by atomic mass is 28.4. The zero-order valence-electron chi connectivity index (χ0n) is 9.44. The first-order valence-electron chi connectivity index (χ1n) is 4.66. The highest BCUT2D eigenvalue weighted by Gasteiger charge is 2.19. The summed E-state index contributed by atoms with van der Waals surface area (Å²) in [5.74, 6) is 0. The van der Waals surface area contributed by atoms with Crippen LogP contribution in [0.5, 0.6) is 0 Å². The smallest absolute Gasteiger partial charge is 0.452 e. The predicted molar refractivity (Wildman–Crippen MR) is 56.3 cm³/mol. The molecule has 15 heavy (non-hydrogen) atoms. The molecule has 0 fully saturated rings. The van der Waals surface area contributed by atoms with Crippen LogP contribution in [0.15, 0.2) is 10.2 Å². The van der Waals surface area contributed by atoms with E-state index in [-0.39, 0.29) is 6.61 Å². The Kier molecular flexibility index (Phi) is 5.76. The molecular weight excluding hydrogens is 216 g/mol. The van der Waals surface area contributed by atoms with E-state index in [1.807, 2.05) is 26.6 Å². The van der Waals surface area contributed by atoms with E-state index in [1.54, 1.807) is 0 Å². The molecule has 2 amide bonds. The molecule has 0 radical (unpaired) electrons. The number of carbonyl (C=O) groups is 2. The van der Waals surface area contributed by atoms with Crippen LogP contribution in [0, 0.1) is 0 Å². The molecule has 0 bridgehead atoms. The minimum Gasteiger partial charge on any atom is -0.502 e. The Bertz CT molecular complexity index is 260. The van der Waals surface area contributed by atoms with E-state index in [2.05, 4.69) is 15.0 Å². The molecule has 0 aromatic rings. The number of hydrogen-bond acceptors (Lipinski definition) is 4. The second kappa shape index (κ2) is 6.28. The largest absolute Gasteiger partial charge is 0.502 e. The van der Waals surface area contributed by atoms with Crippen LogP contribution >= 0.6 is 0 Å². The third-order valence-corrected chi connectivity index (χ3v) is 1.82. The van der Waals surface area contributed by atoms with Crippen LogP contribution in [0.3, 0.4) is 0 Å². The molecule has 0 aliphatic heterocycles. The Hall–Kier alpha value is -1.24. The van der Waals surface area contributed by atoms with Crippen LogP contribution in [0.1, 0.15) is 13.3 Å². The summed E-state index contributed by atoms with van der Waals surface area (Å²) in [4.78, 5) is 21.8. The normalized spacial score (nSPS) is 11.5. The van der Waals surface area contributed by atoms with Crippen molar-refractivity contribution in [1.29, 1.82) is 0 Å². The molecule has 0 atom stereocenters. The molecular formula is C8H16N2O4Si. The summed E-state index contributed by atoms with van der Waals surface area (Å²) in [6, 6.07) is 0. The fourth-order valence-electron chi connectivity index (χ4n) is 0.582. The first kappa shape index (κ1) is 13.8. The minimum atomic E-state index is -1.97. The summed E-state index contributed by atoms with van der Waals surface area (Å²) in [5, 5.41) is 6.14. The molecule has 0 aromatic heterocycles. The van der Waals surface area contributed by atoms with Crippen LogP contribution in [0.4, 0.5) is 9.59 Å². The third-order valence-electron chi connectivity index (χ3n) is 1.04. The molecule has 0 saturated heterocycles. The highest BCUT2D eigenvalue weighted by Crippen LogP contribution is 2.04. The lowest BCUT2D eigenvalue weighted by Gasteiger charge is -2.13. The minimum absolute atomic E-state index is 0.265. The van der Waals surface area contributed by atoms with Gasteiger partial charge in [-0.1, -0.05) is 17.2 Å². The zero-order chi connectivity index (χ0) is 11.9. The molecule has 6 nitrogen and oxygen atoms in total. The van der Waals surface area contributed by atoms with E-state index >= 15 is 0 Å². The second-order valence-corrected chi connectivity index (χ2v) is 8.22. The fourth-order valence-corrected chi connectivity index (χ4v) is 1.15. The van der Waals surface area contributed by atoms with Gasteiger partial charge in [0.15, 0.2) is 0 Å². The lowest BCUT2D eigenvalue weighted by Crippen LogP contribution is -2.27. The van der Waals surface area contributed by atoms with Gasteiger partial charge < -0.3 is 9.16 Å². The van der Waals surface area contributed by atoms with Crippen LogP contribution in [0.2, 0.25) is 19.6 Å². The quantitative estimate of drug-likeness (QED) is 0.553. The van der Waals surface area contributed by atoms with Crippen molar-refractivity contribution < 1.29 is 18.8 Å². The predicted octanol–water partition coefficient (Wildman–Crippen LogP) is 2.96. The van der Waals surface area contributed by atoms with Crippen LogP contribution in [-0.4, -0.2) is 27.1 Å². The number of amides is 2. The van der Waals surface area contributed by atoms with Crippen LogP contribution < -0.4 is 0 Å². The molecule has 0 heterocycles. The Morgan fingerprint density at radius 3 is 2.13 bits per heavy atom. The van der Waals surface area contributed by atoms with E-state index < -0.39 is 20.5 Å². The van der Waals surface area contributed by atoms with Crippen LogP contribution in [0.25, 0.3) is 0 Å². The molecule has 0 spiro atoms. The van der Waals surface area contributed by atoms with Crippen LogP contribution in [-0.2, 0) is 9.16 Å². The van der Waals surface area contributed by atoms with Crippen molar-refractivity contribution in [3.05, 3.63) is 0 Å².